The number of benzene rings is 2. The Morgan fingerprint density at radius 3 is 2.06 bits per heavy atom. The van der Waals surface area contributed by atoms with Crippen LogP contribution in [0.3, 0.4) is 0 Å². The minimum absolute atomic E-state index is 0.0509. The maximum atomic E-state index is 13.0. The van der Waals surface area contributed by atoms with E-state index in [-0.39, 0.29) is 25.0 Å². The normalized spacial score (nSPS) is 16.9. The van der Waals surface area contributed by atoms with Crippen LogP contribution < -0.4 is 10.6 Å². The van der Waals surface area contributed by atoms with Crippen molar-refractivity contribution in [1.29, 1.82) is 0 Å². The maximum Gasteiger partial charge on any atom is 0.419 e. The molecular formula is C25H25F3N2O5. The Labute approximate surface area is 199 Å². The van der Waals surface area contributed by atoms with E-state index in [9.17, 15) is 27.6 Å². The van der Waals surface area contributed by atoms with Gasteiger partial charge >= 0.3 is 18.2 Å². The van der Waals surface area contributed by atoms with Gasteiger partial charge in [-0.15, -0.1) is 0 Å². The number of carbonyl (C=O) groups is 3. The van der Waals surface area contributed by atoms with E-state index in [1.807, 2.05) is 48.5 Å². The van der Waals surface area contributed by atoms with Crippen LogP contribution in [-0.2, 0) is 14.3 Å². The van der Waals surface area contributed by atoms with Crippen LogP contribution in [0.15, 0.2) is 48.5 Å². The largest absolute Gasteiger partial charge is 0.479 e. The van der Waals surface area contributed by atoms with Crippen molar-refractivity contribution in [2.45, 2.75) is 37.4 Å². The third-order valence-corrected chi connectivity index (χ3v) is 6.73. The lowest BCUT2D eigenvalue weighted by Gasteiger charge is -2.33. The lowest BCUT2D eigenvalue weighted by Crippen LogP contribution is -2.54. The number of carboxylic acids is 1. The zero-order valence-electron chi connectivity index (χ0n) is 18.7. The van der Waals surface area contributed by atoms with Gasteiger partial charge in [-0.25, -0.2) is 9.59 Å². The molecule has 0 radical (unpaired) electrons. The Morgan fingerprint density at radius 2 is 1.57 bits per heavy atom. The van der Waals surface area contributed by atoms with Crippen LogP contribution in [0.4, 0.5) is 18.0 Å². The predicted molar refractivity (Wildman–Crippen MR) is 120 cm³/mol. The number of ether oxygens (including phenoxy) is 1. The summed E-state index contributed by atoms with van der Waals surface area (Å²) in [7, 11) is 0. The molecule has 2 aliphatic rings. The average molecular weight is 490 g/mol. The van der Waals surface area contributed by atoms with E-state index >= 15 is 0 Å². The average Bonchev–Trinajstić information content (AvgIpc) is 3.10. The van der Waals surface area contributed by atoms with Gasteiger partial charge in [0.1, 0.15) is 6.61 Å². The topological polar surface area (TPSA) is 105 Å². The number of carbonyl (C=O) groups excluding carboxylic acids is 2. The van der Waals surface area contributed by atoms with Crippen molar-refractivity contribution in [1.82, 2.24) is 10.6 Å². The lowest BCUT2D eigenvalue weighted by molar-refractivity contribution is -0.183. The summed E-state index contributed by atoms with van der Waals surface area (Å²) in [5.74, 6) is -4.65. The molecule has 3 N–H and O–H groups in total. The third kappa shape index (κ3) is 5.26. The molecule has 0 heterocycles. The van der Waals surface area contributed by atoms with E-state index in [4.69, 9.17) is 9.84 Å². The SMILES string of the molecule is O=C(NCC(C(=O)NC(C(=O)O)C(F)(F)F)C1CCC1)OCC1c2ccccc2-c2ccccc21. The number of fused-ring (bicyclic) bond motifs is 3. The smallest absolute Gasteiger partial charge is 0.419 e. The molecule has 7 nitrogen and oxygen atoms in total. The molecule has 10 heteroatoms. The second kappa shape index (κ2) is 9.97. The van der Waals surface area contributed by atoms with Crippen LogP contribution in [0.25, 0.3) is 11.1 Å². The number of nitrogens with one attached hydrogen (secondary N) is 2. The number of alkyl halides is 3. The second-order valence-corrected chi connectivity index (χ2v) is 8.83. The van der Waals surface area contributed by atoms with Gasteiger partial charge in [-0.2, -0.15) is 13.2 Å². The highest BCUT2D eigenvalue weighted by Crippen LogP contribution is 2.44. The first-order valence-corrected chi connectivity index (χ1v) is 11.4. The zero-order chi connectivity index (χ0) is 25.2. The third-order valence-electron chi connectivity index (χ3n) is 6.73. The minimum Gasteiger partial charge on any atom is -0.479 e. The highest BCUT2D eigenvalue weighted by atomic mass is 19.4. The van der Waals surface area contributed by atoms with E-state index in [0.29, 0.717) is 12.8 Å². The van der Waals surface area contributed by atoms with Crippen molar-refractivity contribution < 1.29 is 37.4 Å². The fourth-order valence-corrected chi connectivity index (χ4v) is 4.69. The number of carboxylic acid groups (broad SMARTS) is 1. The Balaban J connectivity index is 1.37. The number of hydrogen-bond donors (Lipinski definition) is 3. The summed E-state index contributed by atoms with van der Waals surface area (Å²) >= 11 is 0. The highest BCUT2D eigenvalue weighted by Gasteiger charge is 2.47. The monoisotopic (exact) mass is 490 g/mol. The van der Waals surface area contributed by atoms with Gasteiger partial charge in [0.25, 0.3) is 0 Å². The van der Waals surface area contributed by atoms with Crippen molar-refractivity contribution >= 4 is 18.0 Å². The number of alkyl carbamates (subject to hydrolysis) is 1. The van der Waals surface area contributed by atoms with Crippen LogP contribution >= 0.6 is 0 Å². The molecular weight excluding hydrogens is 465 g/mol. The van der Waals surface area contributed by atoms with Crippen molar-refractivity contribution in [2.75, 3.05) is 13.2 Å². The van der Waals surface area contributed by atoms with E-state index in [0.717, 1.165) is 28.7 Å². The number of amides is 2. The van der Waals surface area contributed by atoms with Crippen molar-refractivity contribution in [3.63, 3.8) is 0 Å². The van der Waals surface area contributed by atoms with Crippen LogP contribution in [0.5, 0.6) is 0 Å². The molecule has 2 aromatic rings. The molecule has 2 amide bonds. The summed E-state index contributed by atoms with van der Waals surface area (Å²) in [6, 6.07) is 12.6. The molecule has 0 spiro atoms. The molecule has 35 heavy (non-hydrogen) atoms. The van der Waals surface area contributed by atoms with Crippen LogP contribution in [0.1, 0.15) is 36.3 Å². The van der Waals surface area contributed by atoms with Crippen molar-refractivity contribution in [3.05, 3.63) is 59.7 Å². The van der Waals surface area contributed by atoms with Gasteiger partial charge in [0.2, 0.25) is 11.9 Å². The van der Waals surface area contributed by atoms with E-state index in [1.165, 1.54) is 0 Å². The van der Waals surface area contributed by atoms with E-state index in [2.05, 4.69) is 5.32 Å². The fourth-order valence-electron chi connectivity index (χ4n) is 4.69. The molecule has 0 bridgehead atoms. The molecule has 2 aromatic carbocycles. The second-order valence-electron chi connectivity index (χ2n) is 8.83. The predicted octanol–water partition coefficient (Wildman–Crippen LogP) is 4.07. The van der Waals surface area contributed by atoms with Gasteiger partial charge in [0.15, 0.2) is 0 Å². The summed E-state index contributed by atoms with van der Waals surface area (Å²) in [6.45, 7) is -0.202. The quantitative estimate of drug-likeness (QED) is 0.518. The van der Waals surface area contributed by atoms with Crippen LogP contribution in [0, 0.1) is 11.8 Å². The molecule has 186 valence electrons. The molecule has 4 rings (SSSR count). The van der Waals surface area contributed by atoms with Crippen LogP contribution in [0.2, 0.25) is 0 Å². The first kappa shape index (κ1) is 24.6. The summed E-state index contributed by atoms with van der Waals surface area (Å²) in [6.07, 6.45) is -3.91. The van der Waals surface area contributed by atoms with Gasteiger partial charge in [0.05, 0.1) is 5.92 Å². The lowest BCUT2D eigenvalue weighted by atomic mass is 9.75. The molecule has 1 fully saturated rings. The van der Waals surface area contributed by atoms with E-state index < -0.39 is 36.1 Å². The Hall–Kier alpha value is -3.56. The van der Waals surface area contributed by atoms with Gasteiger partial charge in [-0.1, -0.05) is 55.0 Å². The van der Waals surface area contributed by atoms with Gasteiger partial charge in [0, 0.05) is 12.5 Å². The Morgan fingerprint density at radius 1 is 1.00 bits per heavy atom. The molecule has 0 saturated heterocycles. The number of rotatable bonds is 8. The number of hydrogen-bond acceptors (Lipinski definition) is 4. The van der Waals surface area contributed by atoms with Crippen LogP contribution in [-0.4, -0.2) is 48.4 Å². The number of aliphatic carboxylic acids is 1. The molecule has 1 saturated carbocycles. The standard InChI is InChI=1S/C25H25F3N2O5/c26-25(27,28)21(23(32)33)30-22(31)19(14-6-5-7-14)12-29-24(34)35-13-20-17-10-3-1-8-15(17)16-9-2-4-11-18(16)20/h1-4,8-11,14,19-21H,5-7,12-13H2,(H,29,34)(H,30,31)(H,32,33). The molecule has 0 aromatic heterocycles. The summed E-state index contributed by atoms with van der Waals surface area (Å²) in [5, 5.41) is 12.9. The summed E-state index contributed by atoms with van der Waals surface area (Å²) < 4.78 is 44.4. The Bertz CT molecular complexity index is 1070. The zero-order valence-corrected chi connectivity index (χ0v) is 18.7. The van der Waals surface area contributed by atoms with Gasteiger partial charge in [-0.3, -0.25) is 4.79 Å². The van der Waals surface area contributed by atoms with E-state index in [1.54, 1.807) is 5.32 Å². The highest BCUT2D eigenvalue weighted by molar-refractivity contribution is 5.86. The molecule has 2 unspecified atom stereocenters. The van der Waals surface area contributed by atoms with Gasteiger partial charge in [-0.05, 0) is 41.0 Å². The summed E-state index contributed by atoms with van der Waals surface area (Å²) in [4.78, 5) is 35.9. The molecule has 2 atom stereocenters. The maximum absolute atomic E-state index is 13.0. The molecule has 2 aliphatic carbocycles. The number of halogens is 3. The molecule has 0 aliphatic heterocycles. The minimum atomic E-state index is -5.13. The van der Waals surface area contributed by atoms with Crippen molar-refractivity contribution in [3.8, 4) is 11.1 Å². The first-order valence-electron chi connectivity index (χ1n) is 11.4. The Kier molecular flexibility index (Phi) is 7.00. The van der Waals surface area contributed by atoms with Gasteiger partial charge < -0.3 is 20.5 Å². The summed E-state index contributed by atoms with van der Waals surface area (Å²) in [5.41, 5.74) is 4.19. The fraction of sp³-hybridized carbons (Fsp3) is 0.400. The first-order chi connectivity index (χ1) is 16.7. The van der Waals surface area contributed by atoms with Crippen molar-refractivity contribution in [2.24, 2.45) is 11.8 Å².